The van der Waals surface area contributed by atoms with Crippen LogP contribution < -0.4 is 9.46 Å². The van der Waals surface area contributed by atoms with Gasteiger partial charge in [-0.1, -0.05) is 44.9 Å². The van der Waals surface area contributed by atoms with Gasteiger partial charge in [-0.3, -0.25) is 4.72 Å². The second kappa shape index (κ2) is 8.78. The molecule has 3 rings (SSSR count). The number of nitrogens with one attached hydrogen (secondary N) is 1. The van der Waals surface area contributed by atoms with Crippen LogP contribution in [0, 0.1) is 19.8 Å². The summed E-state index contributed by atoms with van der Waals surface area (Å²) in [6.07, 6.45) is 1.95. The summed E-state index contributed by atoms with van der Waals surface area (Å²) in [5.41, 5.74) is 3.19. The first-order chi connectivity index (χ1) is 13.8. The molecule has 7 heteroatoms. The number of hydrogen-bond donors (Lipinski definition) is 1. The molecule has 0 fully saturated rings. The van der Waals surface area contributed by atoms with Gasteiger partial charge in [0.25, 0.3) is 15.9 Å². The van der Waals surface area contributed by atoms with Gasteiger partial charge in [-0.15, -0.1) is 0 Å². The summed E-state index contributed by atoms with van der Waals surface area (Å²) in [5.74, 6) is 0.670. The Bertz CT molecular complexity index is 1110. The van der Waals surface area contributed by atoms with E-state index < -0.39 is 10.0 Å². The minimum absolute atomic E-state index is 0.105. The fraction of sp³-hybridized carbons (Fsp3) is 0.364. The third-order valence-electron chi connectivity index (χ3n) is 5.17. The molecule has 3 aromatic rings. The highest BCUT2D eigenvalue weighted by molar-refractivity contribution is 7.92. The van der Waals surface area contributed by atoms with Crippen molar-refractivity contribution in [2.75, 3.05) is 11.3 Å². The summed E-state index contributed by atoms with van der Waals surface area (Å²) in [6, 6.07) is 12.3. The van der Waals surface area contributed by atoms with E-state index in [9.17, 15) is 8.42 Å². The van der Waals surface area contributed by atoms with Crippen LogP contribution in [0.3, 0.4) is 0 Å². The molecule has 0 radical (unpaired) electrons. The van der Waals surface area contributed by atoms with Gasteiger partial charge in [0.1, 0.15) is 0 Å². The Hall–Kier alpha value is -2.67. The van der Waals surface area contributed by atoms with Crippen LogP contribution in [0.2, 0.25) is 0 Å². The Morgan fingerprint density at radius 1 is 0.966 bits per heavy atom. The van der Waals surface area contributed by atoms with Crippen LogP contribution in [-0.2, 0) is 10.0 Å². The first kappa shape index (κ1) is 21.0. The van der Waals surface area contributed by atoms with Crippen LogP contribution in [0.1, 0.15) is 37.8 Å². The molecule has 0 saturated heterocycles. The Morgan fingerprint density at radius 3 is 2.24 bits per heavy atom. The summed E-state index contributed by atoms with van der Waals surface area (Å²) in [6.45, 7) is 8.49. The molecule has 1 heterocycles. The zero-order chi connectivity index (χ0) is 21.0. The minimum Gasteiger partial charge on any atom is -0.475 e. The van der Waals surface area contributed by atoms with Crippen molar-refractivity contribution in [1.82, 2.24) is 9.97 Å². The molecule has 154 valence electrons. The predicted molar refractivity (Wildman–Crippen MR) is 116 cm³/mol. The molecule has 0 aliphatic rings. The number of fused-ring (bicyclic) bond motifs is 1. The lowest BCUT2D eigenvalue weighted by Gasteiger charge is -2.16. The quantitative estimate of drug-likeness (QED) is 0.570. The molecule has 0 atom stereocenters. The van der Waals surface area contributed by atoms with Gasteiger partial charge in [0, 0.05) is 0 Å². The van der Waals surface area contributed by atoms with Gasteiger partial charge in [-0.05, 0) is 55.2 Å². The van der Waals surface area contributed by atoms with Crippen LogP contribution in [0.5, 0.6) is 5.88 Å². The molecule has 6 nitrogen and oxygen atoms in total. The van der Waals surface area contributed by atoms with E-state index in [0.29, 0.717) is 23.6 Å². The number of benzene rings is 2. The van der Waals surface area contributed by atoms with Crippen molar-refractivity contribution in [2.24, 2.45) is 5.92 Å². The lowest BCUT2D eigenvalue weighted by molar-refractivity contribution is 0.234. The van der Waals surface area contributed by atoms with Gasteiger partial charge in [0.05, 0.1) is 22.5 Å². The summed E-state index contributed by atoms with van der Waals surface area (Å²) >= 11 is 0. The number of para-hydroxylation sites is 2. The summed E-state index contributed by atoms with van der Waals surface area (Å²) in [7, 11) is -3.83. The predicted octanol–water partition coefficient (Wildman–Crippen LogP) is 4.86. The molecule has 1 N–H and O–H groups in total. The molecule has 0 aliphatic carbocycles. The molecule has 0 unspecified atom stereocenters. The van der Waals surface area contributed by atoms with Gasteiger partial charge < -0.3 is 4.74 Å². The number of hydrogen-bond acceptors (Lipinski definition) is 5. The first-order valence-corrected chi connectivity index (χ1v) is 11.3. The largest absolute Gasteiger partial charge is 0.475 e. The van der Waals surface area contributed by atoms with Crippen molar-refractivity contribution in [1.29, 1.82) is 0 Å². The van der Waals surface area contributed by atoms with Gasteiger partial charge in [-0.25, -0.2) is 18.4 Å². The number of ether oxygens (including phenoxy) is 1. The van der Waals surface area contributed by atoms with Gasteiger partial charge in [-0.2, -0.15) is 0 Å². The van der Waals surface area contributed by atoms with E-state index in [-0.39, 0.29) is 16.6 Å². The van der Waals surface area contributed by atoms with E-state index in [1.54, 1.807) is 24.3 Å². The van der Waals surface area contributed by atoms with Crippen molar-refractivity contribution in [3.8, 4) is 5.88 Å². The summed E-state index contributed by atoms with van der Waals surface area (Å²) < 4.78 is 34.4. The highest BCUT2D eigenvalue weighted by atomic mass is 32.2. The van der Waals surface area contributed by atoms with Crippen molar-refractivity contribution in [2.45, 2.75) is 45.4 Å². The van der Waals surface area contributed by atoms with Crippen molar-refractivity contribution >= 4 is 26.9 Å². The van der Waals surface area contributed by atoms with E-state index in [1.807, 2.05) is 32.0 Å². The molecule has 1 aromatic heterocycles. The normalized spacial score (nSPS) is 11.8. The maximum Gasteiger partial charge on any atom is 0.263 e. The number of aromatic nitrogens is 2. The standard InChI is InChI=1S/C22H27N3O3S/c1-5-17(6-2)14-28-22-21(23-19-9-7-8-10-20(19)24-22)25-29(26,27)18-12-11-15(3)16(4)13-18/h7-13,17H,5-6,14H2,1-4H3,(H,23,25). The summed E-state index contributed by atoms with van der Waals surface area (Å²) in [4.78, 5) is 9.17. The van der Waals surface area contributed by atoms with Crippen LogP contribution in [0.4, 0.5) is 5.82 Å². The van der Waals surface area contributed by atoms with Gasteiger partial charge in [0.2, 0.25) is 5.82 Å². The van der Waals surface area contributed by atoms with Crippen LogP contribution in [-0.4, -0.2) is 25.0 Å². The molecule has 29 heavy (non-hydrogen) atoms. The second-order valence-corrected chi connectivity index (χ2v) is 8.89. The van der Waals surface area contributed by atoms with E-state index in [2.05, 4.69) is 28.5 Å². The SMILES string of the molecule is CCC(CC)COc1nc2ccccc2nc1NS(=O)(=O)c1ccc(C)c(C)c1. The van der Waals surface area contributed by atoms with Crippen LogP contribution >= 0.6 is 0 Å². The van der Waals surface area contributed by atoms with Gasteiger partial charge >= 0.3 is 0 Å². The zero-order valence-corrected chi connectivity index (χ0v) is 18.1. The third kappa shape index (κ3) is 4.85. The molecular formula is C22H27N3O3S. The third-order valence-corrected chi connectivity index (χ3v) is 6.51. The Balaban J connectivity index is 1.99. The number of sulfonamides is 1. The number of aryl methyl sites for hydroxylation is 2. The molecule has 0 saturated carbocycles. The highest BCUT2D eigenvalue weighted by Gasteiger charge is 2.20. The Morgan fingerprint density at radius 2 is 1.62 bits per heavy atom. The van der Waals surface area contributed by atoms with E-state index in [0.717, 1.165) is 24.0 Å². The summed E-state index contributed by atoms with van der Waals surface area (Å²) in [5, 5.41) is 0. The molecule has 0 aliphatic heterocycles. The average molecular weight is 414 g/mol. The highest BCUT2D eigenvalue weighted by Crippen LogP contribution is 2.27. The fourth-order valence-electron chi connectivity index (χ4n) is 2.94. The number of anilines is 1. The lowest BCUT2D eigenvalue weighted by Crippen LogP contribution is -2.17. The Kier molecular flexibility index (Phi) is 6.37. The van der Waals surface area contributed by atoms with E-state index in [4.69, 9.17) is 4.74 Å². The topological polar surface area (TPSA) is 81.2 Å². The molecule has 0 bridgehead atoms. The van der Waals surface area contributed by atoms with Crippen molar-refractivity contribution in [3.63, 3.8) is 0 Å². The molecule has 0 amide bonds. The maximum absolute atomic E-state index is 13.0. The fourth-order valence-corrected chi connectivity index (χ4v) is 4.02. The van der Waals surface area contributed by atoms with E-state index >= 15 is 0 Å². The van der Waals surface area contributed by atoms with Gasteiger partial charge in [0.15, 0.2) is 0 Å². The smallest absolute Gasteiger partial charge is 0.263 e. The van der Waals surface area contributed by atoms with Crippen molar-refractivity contribution < 1.29 is 13.2 Å². The van der Waals surface area contributed by atoms with Crippen molar-refractivity contribution in [3.05, 3.63) is 53.6 Å². The Labute approximate surface area is 172 Å². The van der Waals surface area contributed by atoms with E-state index in [1.165, 1.54) is 0 Å². The number of nitrogens with zero attached hydrogens (tertiary/aromatic N) is 2. The monoisotopic (exact) mass is 413 g/mol. The van der Waals surface area contributed by atoms with Crippen LogP contribution in [0.15, 0.2) is 47.4 Å². The average Bonchev–Trinajstić information content (AvgIpc) is 2.70. The number of rotatable bonds is 8. The lowest BCUT2D eigenvalue weighted by atomic mass is 10.1. The zero-order valence-electron chi connectivity index (χ0n) is 17.3. The minimum atomic E-state index is -3.83. The second-order valence-electron chi connectivity index (χ2n) is 7.21. The molecule has 0 spiro atoms. The molecular weight excluding hydrogens is 386 g/mol. The maximum atomic E-state index is 13.0. The first-order valence-electron chi connectivity index (χ1n) is 9.83. The molecule has 2 aromatic carbocycles. The van der Waals surface area contributed by atoms with Crippen LogP contribution in [0.25, 0.3) is 11.0 Å².